The van der Waals surface area contributed by atoms with E-state index in [1.54, 1.807) is 0 Å². The van der Waals surface area contributed by atoms with E-state index in [-0.39, 0.29) is 5.91 Å². The maximum Gasteiger partial charge on any atom is 0.252 e. The predicted molar refractivity (Wildman–Crippen MR) is 64.3 cm³/mol. The molecule has 0 radical (unpaired) electrons. The highest BCUT2D eigenvalue weighted by Crippen LogP contribution is 2.26. The lowest BCUT2D eigenvalue weighted by Gasteiger charge is -2.24. The third-order valence-electron chi connectivity index (χ3n) is 3.44. The Hall–Kier alpha value is -1.06. The topological polar surface area (TPSA) is 53.5 Å². The van der Waals surface area contributed by atoms with Gasteiger partial charge >= 0.3 is 0 Å². The first-order valence-corrected chi connectivity index (χ1v) is 6.37. The van der Waals surface area contributed by atoms with E-state index in [4.69, 9.17) is 0 Å². The van der Waals surface area contributed by atoms with Crippen molar-refractivity contribution in [1.29, 1.82) is 0 Å². The summed E-state index contributed by atoms with van der Waals surface area (Å²) in [5.74, 6) is 0.799. The van der Waals surface area contributed by atoms with Gasteiger partial charge in [0.2, 0.25) is 0 Å². The van der Waals surface area contributed by atoms with Crippen LogP contribution in [0.15, 0.2) is 4.99 Å². The summed E-state index contributed by atoms with van der Waals surface area (Å²) in [5.41, 5.74) is -0.399. The van der Waals surface area contributed by atoms with Gasteiger partial charge in [0.05, 0.1) is 6.04 Å². The average molecular weight is 223 g/mol. The second-order valence-electron chi connectivity index (χ2n) is 4.83. The number of carbonyl (C=O) groups excluding carboxylic acids is 1. The van der Waals surface area contributed by atoms with E-state index in [1.165, 1.54) is 0 Å². The van der Waals surface area contributed by atoms with Gasteiger partial charge in [-0.05, 0) is 25.7 Å². The predicted octanol–water partition coefficient (Wildman–Crippen LogP) is 1.56. The van der Waals surface area contributed by atoms with Crippen LogP contribution >= 0.6 is 0 Å². The van der Waals surface area contributed by atoms with E-state index >= 15 is 0 Å². The molecule has 90 valence electrons. The molecule has 1 aliphatic heterocycles. The summed E-state index contributed by atoms with van der Waals surface area (Å²) in [6, 6.07) is 0.446. The molecule has 1 aliphatic carbocycles. The first-order valence-electron chi connectivity index (χ1n) is 6.37. The van der Waals surface area contributed by atoms with Crippen LogP contribution in [-0.4, -0.2) is 23.4 Å². The highest BCUT2D eigenvalue weighted by molar-refractivity contribution is 6.09. The van der Waals surface area contributed by atoms with Gasteiger partial charge in [-0.25, -0.2) is 4.99 Å². The summed E-state index contributed by atoms with van der Waals surface area (Å²) in [6.45, 7) is 4.21. The SMILES string of the molecule is CCCCC1(CC)NC(=NC2CC2)NC1=O. The third kappa shape index (κ3) is 2.20. The molecular weight excluding hydrogens is 202 g/mol. The van der Waals surface area contributed by atoms with Gasteiger partial charge < -0.3 is 5.32 Å². The zero-order valence-corrected chi connectivity index (χ0v) is 10.2. The lowest BCUT2D eigenvalue weighted by molar-refractivity contribution is -0.124. The quantitative estimate of drug-likeness (QED) is 0.743. The summed E-state index contributed by atoms with van der Waals surface area (Å²) >= 11 is 0. The van der Waals surface area contributed by atoms with Crippen molar-refractivity contribution < 1.29 is 4.79 Å². The molecule has 1 unspecified atom stereocenters. The van der Waals surface area contributed by atoms with Crippen LogP contribution in [0.25, 0.3) is 0 Å². The summed E-state index contributed by atoms with van der Waals surface area (Å²) in [6.07, 6.45) is 6.24. The second-order valence-corrected chi connectivity index (χ2v) is 4.83. The first kappa shape index (κ1) is 11.4. The fourth-order valence-electron chi connectivity index (χ4n) is 2.07. The smallest absolute Gasteiger partial charge is 0.252 e. The molecule has 1 saturated carbocycles. The number of guanidine groups is 1. The number of hydrogen-bond acceptors (Lipinski definition) is 2. The van der Waals surface area contributed by atoms with E-state index in [0.717, 1.165) is 38.5 Å². The van der Waals surface area contributed by atoms with Crippen LogP contribution < -0.4 is 10.6 Å². The van der Waals surface area contributed by atoms with Crippen LogP contribution in [-0.2, 0) is 4.79 Å². The van der Waals surface area contributed by atoms with E-state index in [0.29, 0.717) is 12.0 Å². The van der Waals surface area contributed by atoms with Gasteiger partial charge in [-0.15, -0.1) is 0 Å². The van der Waals surface area contributed by atoms with Crippen molar-refractivity contribution in [2.24, 2.45) is 4.99 Å². The maximum atomic E-state index is 12.0. The van der Waals surface area contributed by atoms with Crippen LogP contribution in [0, 0.1) is 0 Å². The third-order valence-corrected chi connectivity index (χ3v) is 3.44. The molecule has 0 aromatic heterocycles. The summed E-state index contributed by atoms with van der Waals surface area (Å²) in [4.78, 5) is 16.5. The van der Waals surface area contributed by atoms with E-state index in [2.05, 4.69) is 29.5 Å². The number of unbranched alkanes of at least 4 members (excludes halogenated alkanes) is 1. The molecule has 16 heavy (non-hydrogen) atoms. The number of carbonyl (C=O) groups is 1. The highest BCUT2D eigenvalue weighted by Gasteiger charge is 2.43. The summed E-state index contributed by atoms with van der Waals surface area (Å²) < 4.78 is 0. The van der Waals surface area contributed by atoms with Crippen molar-refractivity contribution in [3.8, 4) is 0 Å². The molecule has 1 heterocycles. The monoisotopic (exact) mass is 223 g/mol. The number of amides is 1. The minimum Gasteiger partial charge on any atom is -0.342 e. The van der Waals surface area contributed by atoms with Crippen molar-refractivity contribution in [3.05, 3.63) is 0 Å². The number of nitrogens with zero attached hydrogens (tertiary/aromatic N) is 1. The zero-order valence-electron chi connectivity index (χ0n) is 10.2. The molecule has 4 heteroatoms. The van der Waals surface area contributed by atoms with E-state index in [1.807, 2.05) is 0 Å². The van der Waals surface area contributed by atoms with Crippen molar-refractivity contribution in [2.75, 3.05) is 0 Å². The van der Waals surface area contributed by atoms with Gasteiger partial charge in [0, 0.05) is 0 Å². The van der Waals surface area contributed by atoms with Gasteiger partial charge in [-0.3, -0.25) is 10.1 Å². The average Bonchev–Trinajstić information content (AvgIpc) is 3.02. The minimum atomic E-state index is -0.399. The zero-order chi connectivity index (χ0) is 11.6. The van der Waals surface area contributed by atoms with Gasteiger partial charge in [0.15, 0.2) is 5.96 Å². The molecule has 1 amide bonds. The second kappa shape index (κ2) is 4.44. The van der Waals surface area contributed by atoms with E-state index in [9.17, 15) is 4.79 Å². The maximum absolute atomic E-state index is 12.0. The Labute approximate surface area is 96.9 Å². The lowest BCUT2D eigenvalue weighted by Crippen LogP contribution is -2.46. The van der Waals surface area contributed by atoms with Crippen LogP contribution in [0.4, 0.5) is 0 Å². The van der Waals surface area contributed by atoms with Gasteiger partial charge in [0.25, 0.3) is 5.91 Å². The van der Waals surface area contributed by atoms with Crippen LogP contribution in [0.3, 0.4) is 0 Å². The molecule has 1 saturated heterocycles. The van der Waals surface area contributed by atoms with Gasteiger partial charge in [0.1, 0.15) is 5.54 Å². The molecule has 0 bridgehead atoms. The number of nitrogens with one attached hydrogen (secondary N) is 2. The first-order chi connectivity index (χ1) is 7.70. The van der Waals surface area contributed by atoms with Crippen molar-refractivity contribution in [3.63, 3.8) is 0 Å². The largest absolute Gasteiger partial charge is 0.342 e. The van der Waals surface area contributed by atoms with Crippen molar-refractivity contribution in [1.82, 2.24) is 10.6 Å². The molecule has 0 aromatic carbocycles. The van der Waals surface area contributed by atoms with E-state index < -0.39 is 5.54 Å². The minimum absolute atomic E-state index is 0.0999. The summed E-state index contributed by atoms with van der Waals surface area (Å²) in [5, 5.41) is 6.18. The Morgan fingerprint density at radius 1 is 1.44 bits per heavy atom. The van der Waals surface area contributed by atoms with Gasteiger partial charge in [-0.1, -0.05) is 26.7 Å². The molecule has 2 rings (SSSR count). The normalized spacial score (nSPS) is 31.6. The Balaban J connectivity index is 2.04. The molecule has 1 atom stereocenters. The van der Waals surface area contributed by atoms with Crippen LogP contribution in [0.2, 0.25) is 0 Å². The number of hydrogen-bond donors (Lipinski definition) is 2. The molecule has 0 aromatic rings. The molecule has 0 spiro atoms. The van der Waals surface area contributed by atoms with Crippen molar-refractivity contribution in [2.45, 2.75) is 64.0 Å². The Kier molecular flexibility index (Phi) is 3.17. The molecular formula is C12H21N3O. The number of rotatable bonds is 5. The van der Waals surface area contributed by atoms with Crippen molar-refractivity contribution >= 4 is 11.9 Å². The molecule has 2 fully saturated rings. The summed E-state index contributed by atoms with van der Waals surface area (Å²) in [7, 11) is 0. The van der Waals surface area contributed by atoms with Crippen LogP contribution in [0.1, 0.15) is 52.4 Å². The Morgan fingerprint density at radius 3 is 2.75 bits per heavy atom. The Bertz CT molecular complexity index is 309. The fraction of sp³-hybridized carbons (Fsp3) is 0.833. The number of aliphatic imine (C=N–C) groups is 1. The molecule has 2 N–H and O–H groups in total. The Morgan fingerprint density at radius 2 is 2.19 bits per heavy atom. The lowest BCUT2D eigenvalue weighted by atomic mass is 9.90. The molecule has 2 aliphatic rings. The standard InChI is InChI=1S/C12H21N3O/c1-3-5-8-12(4-2)10(16)14-11(15-12)13-9-6-7-9/h9H,3-8H2,1-2H3,(H2,13,14,15,16). The molecule has 4 nitrogen and oxygen atoms in total. The van der Waals surface area contributed by atoms with Gasteiger partial charge in [-0.2, -0.15) is 0 Å². The highest BCUT2D eigenvalue weighted by atomic mass is 16.2. The fourth-order valence-corrected chi connectivity index (χ4v) is 2.07. The van der Waals surface area contributed by atoms with Crippen LogP contribution in [0.5, 0.6) is 0 Å².